The number of hydrogen-bond donors (Lipinski definition) is 1. The fourth-order valence-corrected chi connectivity index (χ4v) is 3.25. The van der Waals surface area contributed by atoms with Crippen molar-refractivity contribution in [3.05, 3.63) is 64.7 Å². The maximum absolute atomic E-state index is 5.97. The molecule has 0 fully saturated rings. The molecule has 1 aliphatic rings. The highest BCUT2D eigenvalue weighted by molar-refractivity contribution is 5.42. The molecule has 21 heavy (non-hydrogen) atoms. The molecule has 2 nitrogen and oxygen atoms in total. The highest BCUT2D eigenvalue weighted by atomic mass is 16.5. The van der Waals surface area contributed by atoms with Gasteiger partial charge in [-0.3, -0.25) is 0 Å². The van der Waals surface area contributed by atoms with Crippen molar-refractivity contribution in [3.8, 4) is 5.75 Å². The standard InChI is InChI=1S/C19H23NO/c1-13-9-14(2)17-11-15(3)20-19(18(17)10-13)12-21-16-7-5-4-6-8-16/h4-10,15,19-20H,11-12H2,1-3H3. The van der Waals surface area contributed by atoms with E-state index in [1.54, 1.807) is 0 Å². The molecule has 0 saturated carbocycles. The van der Waals surface area contributed by atoms with Crippen LogP contribution in [0.5, 0.6) is 5.75 Å². The van der Waals surface area contributed by atoms with E-state index >= 15 is 0 Å². The average molecular weight is 281 g/mol. The molecule has 2 aromatic rings. The number of nitrogens with one attached hydrogen (secondary N) is 1. The Hall–Kier alpha value is -1.80. The Bertz CT molecular complexity index is 621. The summed E-state index contributed by atoms with van der Waals surface area (Å²) in [5, 5.41) is 3.67. The first-order valence-corrected chi connectivity index (χ1v) is 7.67. The lowest BCUT2D eigenvalue weighted by Crippen LogP contribution is -2.40. The smallest absolute Gasteiger partial charge is 0.119 e. The first kappa shape index (κ1) is 14.2. The van der Waals surface area contributed by atoms with Gasteiger partial charge < -0.3 is 10.1 Å². The first-order valence-electron chi connectivity index (χ1n) is 7.67. The van der Waals surface area contributed by atoms with E-state index < -0.39 is 0 Å². The third-order valence-corrected chi connectivity index (χ3v) is 4.18. The maximum atomic E-state index is 5.97. The molecule has 2 atom stereocenters. The molecule has 3 rings (SSSR count). The fourth-order valence-electron chi connectivity index (χ4n) is 3.25. The lowest BCUT2D eigenvalue weighted by molar-refractivity contribution is 0.247. The number of rotatable bonds is 3. The number of aryl methyl sites for hydroxylation is 2. The van der Waals surface area contributed by atoms with Gasteiger partial charge in [-0.2, -0.15) is 0 Å². The molecule has 0 radical (unpaired) electrons. The van der Waals surface area contributed by atoms with Gasteiger partial charge in [-0.25, -0.2) is 0 Å². The van der Waals surface area contributed by atoms with Crippen LogP contribution in [0.3, 0.4) is 0 Å². The van der Waals surface area contributed by atoms with Gasteiger partial charge >= 0.3 is 0 Å². The van der Waals surface area contributed by atoms with Crippen LogP contribution in [0.25, 0.3) is 0 Å². The van der Waals surface area contributed by atoms with Gasteiger partial charge in [0.15, 0.2) is 0 Å². The van der Waals surface area contributed by atoms with Crippen molar-refractivity contribution in [1.29, 1.82) is 0 Å². The van der Waals surface area contributed by atoms with Crippen LogP contribution in [-0.2, 0) is 6.42 Å². The molecule has 1 heterocycles. The summed E-state index contributed by atoms with van der Waals surface area (Å²) in [5.74, 6) is 0.934. The first-order chi connectivity index (χ1) is 10.1. The van der Waals surface area contributed by atoms with Gasteiger partial charge in [0.2, 0.25) is 0 Å². The molecule has 0 amide bonds. The second-order valence-electron chi connectivity index (χ2n) is 6.10. The van der Waals surface area contributed by atoms with Crippen molar-refractivity contribution in [2.24, 2.45) is 0 Å². The third kappa shape index (κ3) is 3.11. The molecule has 110 valence electrons. The molecule has 0 aliphatic carbocycles. The van der Waals surface area contributed by atoms with E-state index in [2.05, 4.69) is 38.2 Å². The Labute approximate surface area is 127 Å². The van der Waals surface area contributed by atoms with Gasteiger partial charge in [0.1, 0.15) is 12.4 Å². The molecule has 0 aromatic heterocycles. The molecule has 0 bridgehead atoms. The van der Waals surface area contributed by atoms with Crippen LogP contribution in [0.2, 0.25) is 0 Å². The number of hydrogen-bond acceptors (Lipinski definition) is 2. The summed E-state index contributed by atoms with van der Waals surface area (Å²) in [6.07, 6.45) is 1.10. The quantitative estimate of drug-likeness (QED) is 0.919. The normalized spacial score (nSPS) is 20.9. The topological polar surface area (TPSA) is 21.3 Å². The summed E-state index contributed by atoms with van der Waals surface area (Å²) in [5.41, 5.74) is 5.63. The zero-order valence-electron chi connectivity index (χ0n) is 13.0. The summed E-state index contributed by atoms with van der Waals surface area (Å²) < 4.78 is 5.97. The SMILES string of the molecule is Cc1cc(C)c2c(c1)C(COc1ccccc1)NC(C)C2. The predicted molar refractivity (Wildman–Crippen MR) is 86.9 cm³/mol. The van der Waals surface area contributed by atoms with Gasteiger partial charge in [0, 0.05) is 6.04 Å². The van der Waals surface area contributed by atoms with Crippen LogP contribution in [0.15, 0.2) is 42.5 Å². The summed E-state index contributed by atoms with van der Waals surface area (Å²) in [6, 6.07) is 15.4. The zero-order valence-corrected chi connectivity index (χ0v) is 13.0. The van der Waals surface area contributed by atoms with Crippen LogP contribution < -0.4 is 10.1 Å². The van der Waals surface area contributed by atoms with E-state index in [9.17, 15) is 0 Å². The minimum absolute atomic E-state index is 0.266. The average Bonchev–Trinajstić information content (AvgIpc) is 2.47. The summed E-state index contributed by atoms with van der Waals surface area (Å²) in [4.78, 5) is 0. The van der Waals surface area contributed by atoms with Crippen LogP contribution in [0, 0.1) is 13.8 Å². The fraction of sp³-hybridized carbons (Fsp3) is 0.368. The monoisotopic (exact) mass is 281 g/mol. The van der Waals surface area contributed by atoms with Crippen molar-refractivity contribution in [3.63, 3.8) is 0 Å². The van der Waals surface area contributed by atoms with Crippen molar-refractivity contribution in [1.82, 2.24) is 5.32 Å². The Morgan fingerprint density at radius 3 is 2.67 bits per heavy atom. The molecule has 2 heteroatoms. The van der Waals surface area contributed by atoms with E-state index in [1.807, 2.05) is 30.3 Å². The predicted octanol–water partition coefficient (Wildman–Crippen LogP) is 3.96. The Morgan fingerprint density at radius 1 is 1.14 bits per heavy atom. The maximum Gasteiger partial charge on any atom is 0.119 e. The van der Waals surface area contributed by atoms with Crippen LogP contribution in [-0.4, -0.2) is 12.6 Å². The van der Waals surface area contributed by atoms with E-state index in [-0.39, 0.29) is 6.04 Å². The minimum atomic E-state index is 0.266. The van der Waals surface area contributed by atoms with Crippen molar-refractivity contribution in [2.75, 3.05) is 6.61 Å². The second kappa shape index (κ2) is 5.90. The Kier molecular flexibility index (Phi) is 3.98. The van der Waals surface area contributed by atoms with Gasteiger partial charge in [-0.15, -0.1) is 0 Å². The Morgan fingerprint density at radius 2 is 1.90 bits per heavy atom. The largest absolute Gasteiger partial charge is 0.492 e. The van der Waals surface area contributed by atoms with E-state index in [1.165, 1.54) is 22.3 Å². The highest BCUT2D eigenvalue weighted by Gasteiger charge is 2.25. The molecule has 1 aliphatic heterocycles. The molecule has 1 N–H and O–H groups in total. The van der Waals surface area contributed by atoms with Crippen LogP contribution in [0.1, 0.15) is 35.2 Å². The van der Waals surface area contributed by atoms with Crippen molar-refractivity contribution < 1.29 is 4.74 Å². The van der Waals surface area contributed by atoms with E-state index in [0.717, 1.165) is 12.2 Å². The van der Waals surface area contributed by atoms with Gasteiger partial charge in [0.25, 0.3) is 0 Å². The number of ether oxygens (including phenoxy) is 1. The van der Waals surface area contributed by atoms with Crippen molar-refractivity contribution in [2.45, 2.75) is 39.3 Å². The Balaban J connectivity index is 1.83. The number of benzene rings is 2. The molecule has 0 spiro atoms. The van der Waals surface area contributed by atoms with E-state index in [4.69, 9.17) is 4.74 Å². The number of para-hydroxylation sites is 1. The minimum Gasteiger partial charge on any atom is -0.492 e. The summed E-state index contributed by atoms with van der Waals surface area (Å²) >= 11 is 0. The highest BCUT2D eigenvalue weighted by Crippen LogP contribution is 2.29. The molecule has 2 unspecified atom stereocenters. The molecule has 2 aromatic carbocycles. The lowest BCUT2D eigenvalue weighted by atomic mass is 9.86. The number of fused-ring (bicyclic) bond motifs is 1. The third-order valence-electron chi connectivity index (χ3n) is 4.18. The van der Waals surface area contributed by atoms with Crippen LogP contribution >= 0.6 is 0 Å². The van der Waals surface area contributed by atoms with Crippen molar-refractivity contribution >= 4 is 0 Å². The second-order valence-corrected chi connectivity index (χ2v) is 6.10. The zero-order chi connectivity index (χ0) is 14.8. The summed E-state index contributed by atoms with van der Waals surface area (Å²) in [7, 11) is 0. The van der Waals surface area contributed by atoms with E-state index in [0.29, 0.717) is 12.6 Å². The lowest BCUT2D eigenvalue weighted by Gasteiger charge is -2.33. The van der Waals surface area contributed by atoms with Gasteiger partial charge in [-0.05, 0) is 56.0 Å². The molecular weight excluding hydrogens is 258 g/mol. The van der Waals surface area contributed by atoms with Crippen LogP contribution in [0.4, 0.5) is 0 Å². The summed E-state index contributed by atoms with van der Waals surface area (Å²) in [6.45, 7) is 7.31. The van der Waals surface area contributed by atoms with Gasteiger partial charge in [-0.1, -0.05) is 35.9 Å². The molecule has 0 saturated heterocycles. The van der Waals surface area contributed by atoms with Gasteiger partial charge in [0.05, 0.1) is 6.04 Å². The molecular formula is C19H23NO.